The molecule has 10 rings (SSSR count). The molecule has 0 amide bonds. The van der Waals surface area contributed by atoms with E-state index >= 15 is 0 Å². The molecule has 1 heteroatoms. The highest BCUT2D eigenvalue weighted by molar-refractivity contribution is 6.24. The van der Waals surface area contributed by atoms with Gasteiger partial charge in [0, 0.05) is 16.2 Å². The Morgan fingerprint density at radius 1 is 0.286 bits per heavy atom. The Morgan fingerprint density at radius 2 is 0.816 bits per heavy atom. The van der Waals surface area contributed by atoms with Gasteiger partial charge in [0.05, 0.1) is 0 Å². The summed E-state index contributed by atoms with van der Waals surface area (Å²) in [7, 11) is 0. The lowest BCUT2D eigenvalue weighted by Gasteiger charge is -2.22. The first-order valence-corrected chi connectivity index (χ1v) is 16.9. The Balaban J connectivity index is 1.31. The van der Waals surface area contributed by atoms with E-state index in [0.29, 0.717) is 0 Å². The van der Waals surface area contributed by atoms with Gasteiger partial charge < -0.3 is 4.42 Å². The Morgan fingerprint density at radius 3 is 1.43 bits per heavy atom. The Bertz CT molecular complexity index is 2750. The van der Waals surface area contributed by atoms with Crippen LogP contribution in [0, 0.1) is 0 Å². The first-order valence-electron chi connectivity index (χ1n) is 16.9. The van der Waals surface area contributed by atoms with Crippen LogP contribution in [-0.4, -0.2) is 0 Å². The summed E-state index contributed by atoms with van der Waals surface area (Å²) in [6.07, 6.45) is 0. The molecule has 0 radical (unpaired) electrons. The molecule has 49 heavy (non-hydrogen) atoms. The third kappa shape index (κ3) is 4.33. The average Bonchev–Trinajstić information content (AvgIpc) is 3.56. The van der Waals surface area contributed by atoms with Crippen molar-refractivity contribution in [1.82, 2.24) is 0 Å². The van der Waals surface area contributed by atoms with Gasteiger partial charge in [-0.1, -0.05) is 164 Å². The van der Waals surface area contributed by atoms with Gasteiger partial charge in [-0.3, -0.25) is 0 Å². The molecule has 1 aromatic heterocycles. The van der Waals surface area contributed by atoms with E-state index < -0.39 is 0 Å². The third-order valence-electron chi connectivity index (χ3n) is 10.1. The lowest BCUT2D eigenvalue weighted by atomic mass is 9.81. The van der Waals surface area contributed by atoms with E-state index in [4.69, 9.17) is 4.42 Å². The zero-order valence-electron chi connectivity index (χ0n) is 26.7. The number of fused-ring (bicyclic) bond motifs is 7. The normalized spacial score (nSPS) is 11.7. The van der Waals surface area contributed by atoms with Crippen molar-refractivity contribution in [3.63, 3.8) is 0 Å². The van der Waals surface area contributed by atoms with Crippen molar-refractivity contribution in [2.75, 3.05) is 0 Å². The summed E-state index contributed by atoms with van der Waals surface area (Å²) < 4.78 is 6.52. The molecule has 0 bridgehead atoms. The molecule has 0 saturated heterocycles. The van der Waals surface area contributed by atoms with E-state index in [0.717, 1.165) is 27.3 Å². The summed E-state index contributed by atoms with van der Waals surface area (Å²) in [6.45, 7) is 0. The molecule has 228 valence electrons. The van der Waals surface area contributed by atoms with E-state index in [-0.39, 0.29) is 0 Å². The maximum atomic E-state index is 6.52. The van der Waals surface area contributed by atoms with Gasteiger partial charge in [-0.15, -0.1) is 0 Å². The summed E-state index contributed by atoms with van der Waals surface area (Å²) >= 11 is 0. The molecule has 9 aromatic carbocycles. The summed E-state index contributed by atoms with van der Waals surface area (Å²) in [5.41, 5.74) is 11.6. The zero-order valence-corrected chi connectivity index (χ0v) is 26.7. The van der Waals surface area contributed by atoms with E-state index in [1.807, 2.05) is 0 Å². The lowest BCUT2D eigenvalue weighted by Crippen LogP contribution is -1.95. The Labute approximate surface area is 284 Å². The highest BCUT2D eigenvalue weighted by Crippen LogP contribution is 2.49. The summed E-state index contributed by atoms with van der Waals surface area (Å²) in [5.74, 6) is 0. The molecular weight excluding hydrogens is 593 g/mol. The molecule has 0 fully saturated rings. The van der Waals surface area contributed by atoms with Crippen LogP contribution in [-0.2, 0) is 0 Å². The van der Waals surface area contributed by atoms with Crippen LogP contribution >= 0.6 is 0 Å². The first kappa shape index (κ1) is 27.7. The Hall–Kier alpha value is -6.44. The molecule has 0 saturated carbocycles. The molecule has 1 heterocycles. The van der Waals surface area contributed by atoms with Gasteiger partial charge in [-0.2, -0.15) is 0 Å². The topological polar surface area (TPSA) is 13.1 Å². The molecule has 0 aliphatic heterocycles. The van der Waals surface area contributed by atoms with Gasteiger partial charge in [-0.05, 0) is 89.6 Å². The quantitative estimate of drug-likeness (QED) is 0.178. The van der Waals surface area contributed by atoms with Gasteiger partial charge in [0.15, 0.2) is 0 Å². The molecular formula is C48H30O. The third-order valence-corrected chi connectivity index (χ3v) is 10.1. The van der Waals surface area contributed by atoms with E-state index in [2.05, 4.69) is 182 Å². The fourth-order valence-electron chi connectivity index (χ4n) is 7.91. The van der Waals surface area contributed by atoms with Gasteiger partial charge >= 0.3 is 0 Å². The second kappa shape index (κ2) is 11.1. The standard InChI is InChI=1S/C48H30O/c1-3-14-31(15-4-1)35-24-13-25-36(32-16-5-2-6-17-32)46(35)47-40-22-11-9-20-38(40)45(39-21-10-12-23-41(39)47)34-27-29-44-43(30-34)42-28-26-33-18-7-8-19-37(33)48(42)49-44/h1-30H. The maximum absolute atomic E-state index is 6.52. The molecule has 0 unspecified atom stereocenters. The molecule has 0 N–H and O–H groups in total. The van der Waals surface area contributed by atoms with Crippen molar-refractivity contribution in [2.45, 2.75) is 0 Å². The molecule has 10 aromatic rings. The highest BCUT2D eigenvalue weighted by atomic mass is 16.3. The maximum Gasteiger partial charge on any atom is 0.143 e. The zero-order chi connectivity index (χ0) is 32.3. The van der Waals surface area contributed by atoms with E-state index in [9.17, 15) is 0 Å². The molecule has 1 nitrogen and oxygen atoms in total. The van der Waals surface area contributed by atoms with Crippen LogP contribution in [0.4, 0.5) is 0 Å². The predicted octanol–water partition coefficient (Wildman–Crippen LogP) is 13.7. The fourth-order valence-corrected chi connectivity index (χ4v) is 7.91. The SMILES string of the molecule is c1ccc(-c2cccc(-c3ccccc3)c2-c2c3ccccc3c(-c3ccc4oc5c6ccccc6ccc5c4c3)c3ccccc23)cc1. The Kier molecular flexibility index (Phi) is 6.25. The monoisotopic (exact) mass is 622 g/mol. The minimum Gasteiger partial charge on any atom is -0.455 e. The summed E-state index contributed by atoms with van der Waals surface area (Å²) in [5, 5.41) is 9.55. The van der Waals surface area contributed by atoms with E-state index in [1.54, 1.807) is 0 Å². The van der Waals surface area contributed by atoms with Crippen LogP contribution in [0.1, 0.15) is 0 Å². The minimum absolute atomic E-state index is 0.907. The van der Waals surface area contributed by atoms with Crippen LogP contribution in [0.5, 0.6) is 0 Å². The van der Waals surface area contributed by atoms with Gasteiger partial charge in [0.1, 0.15) is 11.2 Å². The van der Waals surface area contributed by atoms with Crippen molar-refractivity contribution in [1.29, 1.82) is 0 Å². The lowest BCUT2D eigenvalue weighted by molar-refractivity contribution is 0.672. The van der Waals surface area contributed by atoms with E-state index in [1.165, 1.54) is 71.4 Å². The molecule has 0 atom stereocenters. The summed E-state index contributed by atoms with van der Waals surface area (Å²) in [6, 6.07) is 65.8. The van der Waals surface area contributed by atoms with Gasteiger partial charge in [0.2, 0.25) is 0 Å². The summed E-state index contributed by atoms with van der Waals surface area (Å²) in [4.78, 5) is 0. The van der Waals surface area contributed by atoms with Crippen molar-refractivity contribution < 1.29 is 4.42 Å². The van der Waals surface area contributed by atoms with Crippen LogP contribution in [0.15, 0.2) is 186 Å². The number of furan rings is 1. The minimum atomic E-state index is 0.907. The second-order valence-electron chi connectivity index (χ2n) is 12.8. The van der Waals surface area contributed by atoms with Crippen molar-refractivity contribution in [3.05, 3.63) is 182 Å². The fraction of sp³-hybridized carbons (Fsp3) is 0. The van der Waals surface area contributed by atoms with Crippen molar-refractivity contribution in [3.8, 4) is 44.5 Å². The largest absolute Gasteiger partial charge is 0.455 e. The van der Waals surface area contributed by atoms with Gasteiger partial charge in [-0.25, -0.2) is 0 Å². The molecule has 0 aliphatic rings. The van der Waals surface area contributed by atoms with Crippen molar-refractivity contribution >= 4 is 54.3 Å². The van der Waals surface area contributed by atoms with Crippen LogP contribution in [0.2, 0.25) is 0 Å². The highest BCUT2D eigenvalue weighted by Gasteiger charge is 2.22. The molecule has 0 aliphatic carbocycles. The number of hydrogen-bond donors (Lipinski definition) is 0. The van der Waals surface area contributed by atoms with Crippen molar-refractivity contribution in [2.24, 2.45) is 0 Å². The molecule has 0 spiro atoms. The predicted molar refractivity (Wildman–Crippen MR) is 208 cm³/mol. The average molecular weight is 623 g/mol. The number of benzene rings is 9. The number of rotatable bonds is 4. The van der Waals surface area contributed by atoms with Crippen LogP contribution in [0.3, 0.4) is 0 Å². The van der Waals surface area contributed by atoms with Crippen LogP contribution < -0.4 is 0 Å². The number of hydrogen-bond acceptors (Lipinski definition) is 1. The first-order chi connectivity index (χ1) is 24.3. The van der Waals surface area contributed by atoms with Gasteiger partial charge in [0.25, 0.3) is 0 Å². The van der Waals surface area contributed by atoms with Crippen LogP contribution in [0.25, 0.3) is 98.8 Å². The smallest absolute Gasteiger partial charge is 0.143 e. The second-order valence-corrected chi connectivity index (χ2v) is 12.8.